The smallest absolute Gasteiger partial charge is 0.106 e. The molecule has 0 radical (unpaired) electrons. The first-order valence-corrected chi connectivity index (χ1v) is 7.30. The molecule has 20 heavy (non-hydrogen) atoms. The largest absolute Gasteiger partial charge is 0.301 e. The number of piperidine rings is 1. The van der Waals surface area contributed by atoms with Gasteiger partial charge >= 0.3 is 0 Å². The molecule has 0 saturated carbocycles. The molecular weight excluding hydrogens is 250 g/mol. The predicted molar refractivity (Wildman–Crippen MR) is 78.3 cm³/mol. The summed E-state index contributed by atoms with van der Waals surface area (Å²) in [5.74, 6) is 0.549. The highest BCUT2D eigenvalue weighted by Gasteiger charge is 2.23. The molecule has 1 fully saturated rings. The molecule has 3 heterocycles. The number of hydrogen-bond donors (Lipinski definition) is 1. The lowest BCUT2D eigenvalue weighted by molar-refractivity contribution is 0.170. The van der Waals surface area contributed by atoms with Crippen LogP contribution in [0.5, 0.6) is 0 Å². The Morgan fingerprint density at radius 2 is 2.00 bits per heavy atom. The van der Waals surface area contributed by atoms with Crippen molar-refractivity contribution in [2.24, 2.45) is 0 Å². The first-order chi connectivity index (χ1) is 9.74. The Kier molecular flexibility index (Phi) is 3.78. The summed E-state index contributed by atoms with van der Waals surface area (Å²) in [6.45, 7) is 6.84. The fourth-order valence-corrected chi connectivity index (χ4v) is 2.80. The van der Waals surface area contributed by atoms with E-state index < -0.39 is 0 Å². The van der Waals surface area contributed by atoms with Crippen molar-refractivity contribution in [3.05, 3.63) is 30.4 Å². The molecule has 0 spiro atoms. The molecule has 5 heteroatoms. The fraction of sp³-hybridized carbons (Fsp3) is 0.533. The van der Waals surface area contributed by atoms with E-state index in [0.29, 0.717) is 12.0 Å². The zero-order valence-electron chi connectivity index (χ0n) is 12.1. The number of H-pyrrole nitrogens is 1. The van der Waals surface area contributed by atoms with E-state index in [2.05, 4.69) is 38.9 Å². The van der Waals surface area contributed by atoms with Gasteiger partial charge < -0.3 is 4.90 Å². The van der Waals surface area contributed by atoms with Gasteiger partial charge in [0.15, 0.2) is 0 Å². The summed E-state index contributed by atoms with van der Waals surface area (Å²) >= 11 is 0. The van der Waals surface area contributed by atoms with Gasteiger partial charge in [0.1, 0.15) is 5.69 Å². The Bertz CT molecular complexity index is 524. The van der Waals surface area contributed by atoms with E-state index in [0.717, 1.165) is 30.2 Å². The summed E-state index contributed by atoms with van der Waals surface area (Å²) < 4.78 is 0. The standard InChI is InChI=1S/C15H21N5/c1-11(2)20-7-4-12(5-8-20)14-9-17-15(10-16-14)13-3-6-18-19-13/h3,6,9-12H,4-5,7-8H2,1-2H3,(H,18,19). The summed E-state index contributed by atoms with van der Waals surface area (Å²) in [6, 6.07) is 2.55. The van der Waals surface area contributed by atoms with Crippen molar-refractivity contribution in [2.75, 3.05) is 13.1 Å². The summed E-state index contributed by atoms with van der Waals surface area (Å²) in [5, 5.41) is 6.85. The maximum absolute atomic E-state index is 4.60. The van der Waals surface area contributed by atoms with Crippen LogP contribution in [-0.2, 0) is 0 Å². The minimum absolute atomic E-state index is 0.549. The Morgan fingerprint density at radius 1 is 1.20 bits per heavy atom. The molecule has 0 atom stereocenters. The molecule has 0 bridgehead atoms. The van der Waals surface area contributed by atoms with Crippen LogP contribution in [0.2, 0.25) is 0 Å². The monoisotopic (exact) mass is 271 g/mol. The highest BCUT2D eigenvalue weighted by molar-refractivity contribution is 5.51. The third-order valence-corrected chi connectivity index (χ3v) is 4.13. The van der Waals surface area contributed by atoms with Crippen molar-refractivity contribution in [3.63, 3.8) is 0 Å². The summed E-state index contributed by atoms with van der Waals surface area (Å²) in [4.78, 5) is 11.6. The van der Waals surface area contributed by atoms with Crippen molar-refractivity contribution >= 4 is 0 Å². The normalized spacial score (nSPS) is 17.8. The van der Waals surface area contributed by atoms with Crippen molar-refractivity contribution in [3.8, 4) is 11.4 Å². The molecule has 1 aliphatic heterocycles. The van der Waals surface area contributed by atoms with E-state index in [1.54, 1.807) is 6.20 Å². The Hall–Kier alpha value is -1.75. The number of nitrogens with zero attached hydrogens (tertiary/aromatic N) is 4. The number of aromatic nitrogens is 4. The minimum Gasteiger partial charge on any atom is -0.301 e. The van der Waals surface area contributed by atoms with Gasteiger partial charge in [-0.3, -0.25) is 15.1 Å². The molecule has 0 aromatic carbocycles. The second-order valence-electron chi connectivity index (χ2n) is 5.70. The zero-order valence-corrected chi connectivity index (χ0v) is 12.1. The third-order valence-electron chi connectivity index (χ3n) is 4.13. The lowest BCUT2D eigenvalue weighted by Crippen LogP contribution is -2.38. The van der Waals surface area contributed by atoms with E-state index in [-0.39, 0.29) is 0 Å². The van der Waals surface area contributed by atoms with Crippen LogP contribution in [0.15, 0.2) is 24.7 Å². The molecule has 3 rings (SSSR count). The van der Waals surface area contributed by atoms with Crippen molar-refractivity contribution in [2.45, 2.75) is 38.6 Å². The van der Waals surface area contributed by atoms with Gasteiger partial charge in [0.05, 0.1) is 17.6 Å². The molecule has 1 N–H and O–H groups in total. The average molecular weight is 271 g/mol. The van der Waals surface area contributed by atoms with Gasteiger partial charge in [0, 0.05) is 24.4 Å². The Morgan fingerprint density at radius 3 is 2.55 bits per heavy atom. The summed E-state index contributed by atoms with van der Waals surface area (Å²) in [7, 11) is 0. The van der Waals surface area contributed by atoms with Gasteiger partial charge in [-0.1, -0.05) is 0 Å². The summed E-state index contributed by atoms with van der Waals surface area (Å²) in [5.41, 5.74) is 2.89. The van der Waals surface area contributed by atoms with Crippen LogP contribution in [0.3, 0.4) is 0 Å². The van der Waals surface area contributed by atoms with E-state index in [9.17, 15) is 0 Å². The topological polar surface area (TPSA) is 57.7 Å². The lowest BCUT2D eigenvalue weighted by Gasteiger charge is -2.34. The second-order valence-corrected chi connectivity index (χ2v) is 5.70. The van der Waals surface area contributed by atoms with E-state index in [4.69, 9.17) is 0 Å². The molecule has 0 unspecified atom stereocenters. The van der Waals surface area contributed by atoms with Gasteiger partial charge in [-0.15, -0.1) is 0 Å². The molecule has 2 aromatic heterocycles. The predicted octanol–water partition coefficient (Wildman–Crippen LogP) is 2.45. The highest BCUT2D eigenvalue weighted by atomic mass is 15.1. The molecular formula is C15H21N5. The number of hydrogen-bond acceptors (Lipinski definition) is 4. The maximum atomic E-state index is 4.60. The van der Waals surface area contributed by atoms with Gasteiger partial charge in [-0.2, -0.15) is 5.10 Å². The van der Waals surface area contributed by atoms with Crippen LogP contribution in [0, 0.1) is 0 Å². The maximum Gasteiger partial charge on any atom is 0.106 e. The second kappa shape index (κ2) is 5.71. The zero-order chi connectivity index (χ0) is 13.9. The summed E-state index contributed by atoms with van der Waals surface area (Å²) in [6.07, 6.45) is 7.85. The van der Waals surface area contributed by atoms with Crippen LogP contribution in [0.25, 0.3) is 11.4 Å². The van der Waals surface area contributed by atoms with E-state index in [1.807, 2.05) is 18.5 Å². The van der Waals surface area contributed by atoms with Gasteiger partial charge in [-0.05, 0) is 45.8 Å². The number of rotatable bonds is 3. The molecule has 1 saturated heterocycles. The van der Waals surface area contributed by atoms with Crippen molar-refractivity contribution < 1.29 is 0 Å². The van der Waals surface area contributed by atoms with E-state index >= 15 is 0 Å². The van der Waals surface area contributed by atoms with E-state index in [1.165, 1.54) is 12.8 Å². The molecule has 106 valence electrons. The van der Waals surface area contributed by atoms with Crippen LogP contribution < -0.4 is 0 Å². The van der Waals surface area contributed by atoms with Gasteiger partial charge in [-0.25, -0.2) is 0 Å². The molecule has 0 aliphatic carbocycles. The van der Waals surface area contributed by atoms with Gasteiger partial charge in [0.25, 0.3) is 0 Å². The average Bonchev–Trinajstić information content (AvgIpc) is 3.02. The molecule has 5 nitrogen and oxygen atoms in total. The van der Waals surface area contributed by atoms with Crippen LogP contribution in [-0.4, -0.2) is 44.2 Å². The van der Waals surface area contributed by atoms with Crippen molar-refractivity contribution in [1.82, 2.24) is 25.1 Å². The minimum atomic E-state index is 0.549. The Labute approximate surface area is 119 Å². The number of nitrogens with one attached hydrogen (secondary N) is 1. The number of aromatic amines is 1. The van der Waals surface area contributed by atoms with Gasteiger partial charge in [0.2, 0.25) is 0 Å². The SMILES string of the molecule is CC(C)N1CCC(c2cnc(-c3ccn[nH]3)cn2)CC1. The van der Waals surface area contributed by atoms with Crippen molar-refractivity contribution in [1.29, 1.82) is 0 Å². The molecule has 2 aromatic rings. The van der Waals surface area contributed by atoms with Crippen LogP contribution in [0.1, 0.15) is 38.3 Å². The highest BCUT2D eigenvalue weighted by Crippen LogP contribution is 2.27. The lowest BCUT2D eigenvalue weighted by atomic mass is 9.93. The molecule has 0 amide bonds. The first-order valence-electron chi connectivity index (χ1n) is 7.30. The van der Waals surface area contributed by atoms with Crippen LogP contribution in [0.4, 0.5) is 0 Å². The number of likely N-dealkylation sites (tertiary alicyclic amines) is 1. The van der Waals surface area contributed by atoms with Crippen LogP contribution >= 0.6 is 0 Å². The molecule has 1 aliphatic rings. The quantitative estimate of drug-likeness (QED) is 0.931. The third kappa shape index (κ3) is 2.72. The first kappa shape index (κ1) is 13.2. The Balaban J connectivity index is 1.67. The fourth-order valence-electron chi connectivity index (χ4n) is 2.80.